The molecule has 0 radical (unpaired) electrons. The second-order valence-electron chi connectivity index (χ2n) is 6.16. The number of nitrogens with zero attached hydrogens (tertiary/aromatic N) is 1. The van der Waals surface area contributed by atoms with E-state index in [9.17, 15) is 4.39 Å². The van der Waals surface area contributed by atoms with Crippen LogP contribution >= 0.6 is 12.4 Å². The molecule has 2 aromatic carbocycles. The molecule has 2 aromatic rings. The monoisotopic (exact) mass is 334 g/mol. The minimum absolute atomic E-state index is 0. The zero-order valence-corrected chi connectivity index (χ0v) is 14.2. The maximum absolute atomic E-state index is 14.0. The van der Waals surface area contributed by atoms with Gasteiger partial charge in [0, 0.05) is 30.6 Å². The van der Waals surface area contributed by atoms with Crippen LogP contribution in [0.3, 0.4) is 0 Å². The zero-order valence-electron chi connectivity index (χ0n) is 13.4. The molecule has 3 rings (SSSR count). The first-order valence-corrected chi connectivity index (χ1v) is 7.94. The second kappa shape index (κ2) is 7.91. The first kappa shape index (κ1) is 17.9. The van der Waals surface area contributed by atoms with Crippen LogP contribution in [-0.4, -0.2) is 24.5 Å². The highest BCUT2D eigenvalue weighted by molar-refractivity contribution is 5.85. The Labute approximate surface area is 143 Å². The molecule has 1 aliphatic rings. The highest BCUT2D eigenvalue weighted by Gasteiger charge is 2.35. The Morgan fingerprint density at radius 3 is 2.39 bits per heavy atom. The molecule has 0 saturated carbocycles. The van der Waals surface area contributed by atoms with Gasteiger partial charge in [-0.2, -0.15) is 0 Å². The van der Waals surface area contributed by atoms with E-state index < -0.39 is 0 Å². The van der Waals surface area contributed by atoms with Crippen LogP contribution in [0.2, 0.25) is 0 Å². The molecule has 2 nitrogen and oxygen atoms in total. The number of benzene rings is 2. The Balaban J connectivity index is 0.00000192. The van der Waals surface area contributed by atoms with Gasteiger partial charge in [0.05, 0.1) is 0 Å². The molecule has 23 heavy (non-hydrogen) atoms. The average Bonchev–Trinajstić information content (AvgIpc) is 3.00. The topological polar surface area (TPSA) is 29.3 Å². The smallest absolute Gasteiger partial charge is 0.127 e. The quantitative estimate of drug-likeness (QED) is 0.916. The SMILES string of the molecule is CC(c1ccccc1F)N1C[C@@H](CN)[C@H](c2ccccc2)C1.Cl. The summed E-state index contributed by atoms with van der Waals surface area (Å²) < 4.78 is 14.0. The molecule has 1 fully saturated rings. The summed E-state index contributed by atoms with van der Waals surface area (Å²) in [6, 6.07) is 17.7. The number of hydrogen-bond acceptors (Lipinski definition) is 2. The van der Waals surface area contributed by atoms with E-state index in [0.29, 0.717) is 18.4 Å². The highest BCUT2D eigenvalue weighted by atomic mass is 35.5. The summed E-state index contributed by atoms with van der Waals surface area (Å²) in [6.45, 7) is 4.60. The Hall–Kier alpha value is -1.42. The Morgan fingerprint density at radius 1 is 1.09 bits per heavy atom. The van der Waals surface area contributed by atoms with Crippen molar-refractivity contribution in [3.05, 3.63) is 71.5 Å². The highest BCUT2D eigenvalue weighted by Crippen LogP contribution is 2.36. The number of nitrogens with two attached hydrogens (primary N) is 1. The molecule has 124 valence electrons. The molecular formula is C19H24ClFN2. The third-order valence-corrected chi connectivity index (χ3v) is 4.90. The largest absolute Gasteiger partial charge is 0.330 e. The summed E-state index contributed by atoms with van der Waals surface area (Å²) in [5.74, 6) is 0.736. The van der Waals surface area contributed by atoms with Gasteiger partial charge in [0.2, 0.25) is 0 Å². The zero-order chi connectivity index (χ0) is 15.5. The third kappa shape index (κ3) is 3.74. The number of hydrogen-bond donors (Lipinski definition) is 1. The van der Waals surface area contributed by atoms with Crippen LogP contribution in [0.4, 0.5) is 4.39 Å². The first-order valence-electron chi connectivity index (χ1n) is 7.94. The second-order valence-corrected chi connectivity index (χ2v) is 6.16. The maximum Gasteiger partial charge on any atom is 0.127 e. The van der Waals surface area contributed by atoms with Gasteiger partial charge in [-0.05, 0) is 31.0 Å². The predicted molar refractivity (Wildman–Crippen MR) is 95.4 cm³/mol. The van der Waals surface area contributed by atoms with Crippen molar-refractivity contribution in [3.8, 4) is 0 Å². The van der Waals surface area contributed by atoms with Crippen LogP contribution in [0.15, 0.2) is 54.6 Å². The molecule has 1 heterocycles. The standard InChI is InChI=1S/C19H23FN2.ClH/c1-14(17-9-5-6-10-19(17)20)22-12-16(11-21)18(13-22)15-7-3-2-4-8-15;/h2-10,14,16,18H,11-13,21H2,1H3;1H/t14?,16-,18+;/m1./s1. The van der Waals surface area contributed by atoms with Gasteiger partial charge in [0.1, 0.15) is 5.82 Å². The first-order chi connectivity index (χ1) is 10.7. The lowest BCUT2D eigenvalue weighted by atomic mass is 9.89. The van der Waals surface area contributed by atoms with E-state index in [1.165, 1.54) is 11.6 Å². The van der Waals surface area contributed by atoms with Crippen LogP contribution in [-0.2, 0) is 0 Å². The van der Waals surface area contributed by atoms with E-state index in [2.05, 4.69) is 36.1 Å². The fraction of sp³-hybridized carbons (Fsp3) is 0.368. The van der Waals surface area contributed by atoms with Crippen molar-refractivity contribution in [3.63, 3.8) is 0 Å². The third-order valence-electron chi connectivity index (χ3n) is 4.90. The van der Waals surface area contributed by atoms with Gasteiger partial charge in [0.15, 0.2) is 0 Å². The van der Waals surface area contributed by atoms with Crippen molar-refractivity contribution < 1.29 is 4.39 Å². The summed E-state index contributed by atoms with van der Waals surface area (Å²) in [7, 11) is 0. The number of likely N-dealkylation sites (tertiary alicyclic amines) is 1. The van der Waals surface area contributed by atoms with Crippen molar-refractivity contribution >= 4 is 12.4 Å². The van der Waals surface area contributed by atoms with E-state index in [0.717, 1.165) is 18.7 Å². The molecule has 3 atom stereocenters. The predicted octanol–water partition coefficient (Wildman–Crippen LogP) is 3.98. The van der Waals surface area contributed by atoms with Crippen LogP contribution in [0.25, 0.3) is 0 Å². The van der Waals surface area contributed by atoms with E-state index in [4.69, 9.17) is 5.73 Å². The van der Waals surface area contributed by atoms with Crippen LogP contribution < -0.4 is 5.73 Å². The number of rotatable bonds is 4. The van der Waals surface area contributed by atoms with E-state index in [-0.39, 0.29) is 24.3 Å². The summed E-state index contributed by atoms with van der Waals surface area (Å²) >= 11 is 0. The normalized spacial score (nSPS) is 22.6. The molecule has 1 unspecified atom stereocenters. The molecule has 0 bridgehead atoms. The lowest BCUT2D eigenvalue weighted by Gasteiger charge is -2.25. The van der Waals surface area contributed by atoms with E-state index in [1.54, 1.807) is 6.07 Å². The Kier molecular flexibility index (Phi) is 6.17. The fourth-order valence-corrected chi connectivity index (χ4v) is 3.55. The van der Waals surface area contributed by atoms with Gasteiger partial charge in [-0.3, -0.25) is 4.90 Å². The van der Waals surface area contributed by atoms with Gasteiger partial charge in [-0.15, -0.1) is 12.4 Å². The van der Waals surface area contributed by atoms with E-state index >= 15 is 0 Å². The Bertz CT molecular complexity index is 620. The van der Waals surface area contributed by atoms with E-state index in [1.807, 2.05) is 18.2 Å². The van der Waals surface area contributed by atoms with Crippen molar-refractivity contribution in [2.75, 3.05) is 19.6 Å². The maximum atomic E-state index is 14.0. The van der Waals surface area contributed by atoms with Crippen molar-refractivity contribution in [1.82, 2.24) is 4.90 Å². The van der Waals surface area contributed by atoms with Crippen molar-refractivity contribution in [1.29, 1.82) is 0 Å². The summed E-state index contributed by atoms with van der Waals surface area (Å²) in [6.07, 6.45) is 0. The molecule has 4 heteroatoms. The van der Waals surface area contributed by atoms with Gasteiger partial charge < -0.3 is 5.73 Å². The lowest BCUT2D eigenvalue weighted by molar-refractivity contribution is 0.247. The van der Waals surface area contributed by atoms with Crippen LogP contribution in [0, 0.1) is 11.7 Å². The molecule has 1 saturated heterocycles. The molecule has 0 aliphatic carbocycles. The van der Waals surface area contributed by atoms with Gasteiger partial charge in [0.25, 0.3) is 0 Å². The minimum Gasteiger partial charge on any atom is -0.330 e. The van der Waals surface area contributed by atoms with Gasteiger partial charge in [-0.1, -0.05) is 48.5 Å². The fourth-order valence-electron chi connectivity index (χ4n) is 3.55. The molecule has 0 amide bonds. The van der Waals surface area contributed by atoms with Crippen molar-refractivity contribution in [2.45, 2.75) is 18.9 Å². The summed E-state index contributed by atoms with van der Waals surface area (Å²) in [4.78, 5) is 2.35. The van der Waals surface area contributed by atoms with Crippen molar-refractivity contribution in [2.24, 2.45) is 11.7 Å². The van der Waals surface area contributed by atoms with Gasteiger partial charge in [-0.25, -0.2) is 4.39 Å². The molecular weight excluding hydrogens is 311 g/mol. The summed E-state index contributed by atoms with van der Waals surface area (Å²) in [5, 5.41) is 0. The lowest BCUT2D eigenvalue weighted by Crippen LogP contribution is -2.26. The average molecular weight is 335 g/mol. The van der Waals surface area contributed by atoms with Gasteiger partial charge >= 0.3 is 0 Å². The Morgan fingerprint density at radius 2 is 1.74 bits per heavy atom. The molecule has 0 aromatic heterocycles. The molecule has 1 aliphatic heterocycles. The molecule has 0 spiro atoms. The molecule has 2 N–H and O–H groups in total. The van der Waals surface area contributed by atoms with Crippen LogP contribution in [0.5, 0.6) is 0 Å². The number of halogens is 2. The summed E-state index contributed by atoms with van der Waals surface area (Å²) in [5.41, 5.74) is 8.10. The minimum atomic E-state index is -0.123. The van der Waals surface area contributed by atoms with Crippen LogP contribution in [0.1, 0.15) is 30.0 Å².